The number of hydrogen-bond acceptors (Lipinski definition) is 3. The number of halogens is 1. The number of H-pyrrole nitrogens is 1. The Morgan fingerprint density at radius 2 is 2.23 bits per heavy atom. The lowest BCUT2D eigenvalue weighted by atomic mass is 9.95. The van der Waals surface area contributed by atoms with Crippen LogP contribution in [0.3, 0.4) is 0 Å². The fourth-order valence-corrected chi connectivity index (χ4v) is 2.91. The van der Waals surface area contributed by atoms with Gasteiger partial charge in [-0.15, -0.1) is 0 Å². The van der Waals surface area contributed by atoms with E-state index < -0.39 is 0 Å². The number of nitrogens with zero attached hydrogens (tertiary/aromatic N) is 1. The van der Waals surface area contributed by atoms with Gasteiger partial charge in [0.1, 0.15) is 5.69 Å². The highest BCUT2D eigenvalue weighted by molar-refractivity contribution is 6.33. The van der Waals surface area contributed by atoms with E-state index in [2.05, 4.69) is 27.8 Å². The quantitative estimate of drug-likeness (QED) is 0.814. The summed E-state index contributed by atoms with van der Waals surface area (Å²) in [4.78, 5) is 12.3. The van der Waals surface area contributed by atoms with Crippen molar-refractivity contribution in [2.24, 2.45) is 5.92 Å². The molecule has 6 heteroatoms. The Hall–Kier alpha value is -1.85. The molecule has 1 amide bonds. The molecule has 0 spiro atoms. The van der Waals surface area contributed by atoms with E-state index in [1.165, 1.54) is 0 Å². The number of carbonyl (C=O) groups excluding carboxylic acids is 1. The lowest BCUT2D eigenvalue weighted by Crippen LogP contribution is -2.50. The number of carbonyl (C=O) groups is 1. The van der Waals surface area contributed by atoms with Gasteiger partial charge in [-0.2, -0.15) is 5.10 Å². The number of amides is 1. The van der Waals surface area contributed by atoms with Crippen LogP contribution >= 0.6 is 11.6 Å². The van der Waals surface area contributed by atoms with Crippen LogP contribution in [0.15, 0.2) is 30.3 Å². The molecule has 1 saturated heterocycles. The molecule has 3 N–H and O–H groups in total. The van der Waals surface area contributed by atoms with Crippen molar-refractivity contribution in [3.8, 4) is 11.3 Å². The zero-order valence-corrected chi connectivity index (χ0v) is 13.2. The van der Waals surface area contributed by atoms with Gasteiger partial charge in [0, 0.05) is 18.2 Å². The molecule has 1 aromatic carbocycles. The number of nitrogens with one attached hydrogen (secondary N) is 3. The van der Waals surface area contributed by atoms with Crippen molar-refractivity contribution in [1.29, 1.82) is 0 Å². The third kappa shape index (κ3) is 3.15. The lowest BCUT2D eigenvalue weighted by molar-refractivity contribution is 0.0910. The average Bonchev–Trinajstić information content (AvgIpc) is 3.00. The largest absolute Gasteiger partial charge is 0.346 e. The summed E-state index contributed by atoms with van der Waals surface area (Å²) >= 11 is 6.16. The summed E-state index contributed by atoms with van der Waals surface area (Å²) < 4.78 is 0. The van der Waals surface area contributed by atoms with Gasteiger partial charge in [-0.1, -0.05) is 36.7 Å². The van der Waals surface area contributed by atoms with Gasteiger partial charge in [0.05, 0.1) is 10.7 Å². The van der Waals surface area contributed by atoms with E-state index >= 15 is 0 Å². The number of hydrogen-bond donors (Lipinski definition) is 3. The Balaban J connectivity index is 1.73. The van der Waals surface area contributed by atoms with Crippen molar-refractivity contribution in [2.45, 2.75) is 19.4 Å². The molecule has 0 aliphatic carbocycles. The minimum absolute atomic E-state index is 0.133. The van der Waals surface area contributed by atoms with Crippen molar-refractivity contribution >= 4 is 17.5 Å². The third-order valence-corrected chi connectivity index (χ3v) is 4.45. The minimum Gasteiger partial charge on any atom is -0.346 e. The van der Waals surface area contributed by atoms with Crippen LogP contribution in [0.25, 0.3) is 11.3 Å². The highest BCUT2D eigenvalue weighted by Gasteiger charge is 2.23. The van der Waals surface area contributed by atoms with Gasteiger partial charge in [0.15, 0.2) is 0 Å². The molecule has 3 rings (SSSR count). The van der Waals surface area contributed by atoms with E-state index in [0.717, 1.165) is 25.1 Å². The fourth-order valence-electron chi connectivity index (χ4n) is 2.67. The Morgan fingerprint density at radius 1 is 1.41 bits per heavy atom. The summed E-state index contributed by atoms with van der Waals surface area (Å²) in [5, 5.41) is 14.0. The summed E-state index contributed by atoms with van der Waals surface area (Å²) in [6.45, 7) is 3.97. The molecule has 2 heterocycles. The molecule has 1 aromatic heterocycles. The Kier molecular flexibility index (Phi) is 4.45. The smallest absolute Gasteiger partial charge is 0.269 e. The molecule has 2 atom stereocenters. The number of rotatable bonds is 3. The first kappa shape index (κ1) is 15.1. The molecule has 0 saturated carbocycles. The summed E-state index contributed by atoms with van der Waals surface area (Å²) in [5.74, 6) is 0.336. The molecule has 2 aromatic rings. The minimum atomic E-state index is -0.133. The summed E-state index contributed by atoms with van der Waals surface area (Å²) in [6, 6.07) is 9.33. The first-order chi connectivity index (χ1) is 10.6. The van der Waals surface area contributed by atoms with Crippen LogP contribution in [0, 0.1) is 5.92 Å². The van der Waals surface area contributed by atoms with Crippen LogP contribution in [0.4, 0.5) is 0 Å². The molecule has 1 aliphatic rings. The predicted molar refractivity (Wildman–Crippen MR) is 86.9 cm³/mol. The zero-order valence-electron chi connectivity index (χ0n) is 12.4. The van der Waals surface area contributed by atoms with E-state index in [-0.39, 0.29) is 11.9 Å². The maximum Gasteiger partial charge on any atom is 0.269 e. The molecule has 5 nitrogen and oxygen atoms in total. The van der Waals surface area contributed by atoms with Crippen LogP contribution < -0.4 is 10.6 Å². The van der Waals surface area contributed by atoms with Crippen LogP contribution in [0.5, 0.6) is 0 Å². The number of aromatic nitrogens is 2. The summed E-state index contributed by atoms with van der Waals surface area (Å²) in [7, 11) is 0. The Labute approximate surface area is 134 Å². The van der Waals surface area contributed by atoms with Gasteiger partial charge >= 0.3 is 0 Å². The standard InChI is InChI=1S/C16H19ClN4O/c1-10-6-7-18-9-15(10)19-16(22)14-8-13(20-21-14)11-4-2-3-5-12(11)17/h2-5,8,10,15,18H,6-7,9H2,1H3,(H,19,22)(H,20,21). The topological polar surface area (TPSA) is 69.8 Å². The second-order valence-corrected chi connectivity index (χ2v) is 6.10. The SMILES string of the molecule is CC1CCNCC1NC(=O)c1cc(-c2ccccc2Cl)n[nH]1. The van der Waals surface area contributed by atoms with Gasteiger partial charge < -0.3 is 10.6 Å². The summed E-state index contributed by atoms with van der Waals surface area (Å²) in [6.07, 6.45) is 1.07. The molecule has 1 aliphatic heterocycles. The van der Waals surface area contributed by atoms with Crippen LogP contribution in [0.2, 0.25) is 5.02 Å². The van der Waals surface area contributed by atoms with Gasteiger partial charge in [-0.25, -0.2) is 0 Å². The van der Waals surface area contributed by atoms with Crippen molar-refractivity contribution in [2.75, 3.05) is 13.1 Å². The van der Waals surface area contributed by atoms with Gasteiger partial charge in [-0.05, 0) is 31.0 Å². The van der Waals surface area contributed by atoms with Crippen molar-refractivity contribution in [1.82, 2.24) is 20.8 Å². The van der Waals surface area contributed by atoms with Crippen LogP contribution in [-0.4, -0.2) is 35.2 Å². The van der Waals surface area contributed by atoms with Crippen molar-refractivity contribution < 1.29 is 4.79 Å². The molecule has 22 heavy (non-hydrogen) atoms. The molecule has 0 bridgehead atoms. The Bertz CT molecular complexity index is 670. The molecule has 116 valence electrons. The first-order valence-corrected chi connectivity index (χ1v) is 7.85. The second-order valence-electron chi connectivity index (χ2n) is 5.70. The average molecular weight is 319 g/mol. The zero-order chi connectivity index (χ0) is 15.5. The molecule has 0 radical (unpaired) electrons. The van der Waals surface area contributed by atoms with Gasteiger partial charge in [-0.3, -0.25) is 9.89 Å². The molecule has 2 unspecified atom stereocenters. The van der Waals surface area contributed by atoms with Crippen molar-refractivity contribution in [3.05, 3.63) is 41.0 Å². The third-order valence-electron chi connectivity index (χ3n) is 4.12. The fraction of sp³-hybridized carbons (Fsp3) is 0.375. The number of piperidine rings is 1. The van der Waals surface area contributed by atoms with E-state index in [1.54, 1.807) is 12.1 Å². The highest BCUT2D eigenvalue weighted by Crippen LogP contribution is 2.26. The monoisotopic (exact) mass is 318 g/mol. The van der Waals surface area contributed by atoms with Crippen molar-refractivity contribution in [3.63, 3.8) is 0 Å². The van der Waals surface area contributed by atoms with E-state index in [0.29, 0.717) is 22.3 Å². The number of aromatic amines is 1. The van der Waals surface area contributed by atoms with Crippen LogP contribution in [-0.2, 0) is 0 Å². The van der Waals surface area contributed by atoms with Gasteiger partial charge in [0.2, 0.25) is 0 Å². The Morgan fingerprint density at radius 3 is 3.00 bits per heavy atom. The summed E-state index contributed by atoms with van der Waals surface area (Å²) in [5.41, 5.74) is 1.94. The number of benzene rings is 1. The molecular weight excluding hydrogens is 300 g/mol. The highest BCUT2D eigenvalue weighted by atomic mass is 35.5. The second kappa shape index (κ2) is 6.50. The maximum atomic E-state index is 12.3. The molecular formula is C16H19ClN4O. The van der Waals surface area contributed by atoms with E-state index in [1.807, 2.05) is 18.2 Å². The molecule has 1 fully saturated rings. The lowest BCUT2D eigenvalue weighted by Gasteiger charge is -2.29. The maximum absolute atomic E-state index is 12.3. The van der Waals surface area contributed by atoms with Crippen LogP contribution in [0.1, 0.15) is 23.8 Å². The van der Waals surface area contributed by atoms with Gasteiger partial charge in [0.25, 0.3) is 5.91 Å². The van der Waals surface area contributed by atoms with E-state index in [4.69, 9.17) is 11.6 Å². The predicted octanol–water partition coefficient (Wildman–Crippen LogP) is 2.46. The first-order valence-electron chi connectivity index (χ1n) is 7.47. The van der Waals surface area contributed by atoms with E-state index in [9.17, 15) is 4.79 Å². The normalized spacial score (nSPS) is 21.5.